The van der Waals surface area contributed by atoms with Gasteiger partial charge in [-0.25, -0.2) is 4.79 Å². The number of aromatic nitrogens is 2. The lowest BCUT2D eigenvalue weighted by Crippen LogP contribution is -2.40. The van der Waals surface area contributed by atoms with E-state index in [4.69, 9.17) is 5.11 Å². The molecule has 0 saturated heterocycles. The van der Waals surface area contributed by atoms with Crippen LogP contribution >= 0.6 is 11.3 Å². The minimum Gasteiger partial charge on any atom is -0.481 e. The fourth-order valence-corrected chi connectivity index (χ4v) is 2.27. The molecule has 0 aromatic carbocycles. The van der Waals surface area contributed by atoms with Crippen LogP contribution in [0.15, 0.2) is 0 Å². The molecule has 0 bridgehead atoms. The fourth-order valence-electron chi connectivity index (χ4n) is 1.61. The van der Waals surface area contributed by atoms with Gasteiger partial charge in [0.25, 0.3) is 0 Å². The first-order chi connectivity index (χ1) is 9.43. The molecular formula is C12H20N4O3S. The minimum absolute atomic E-state index is 0.0117. The zero-order chi connectivity index (χ0) is 15.1. The van der Waals surface area contributed by atoms with E-state index >= 15 is 0 Å². The van der Waals surface area contributed by atoms with Crippen LogP contribution in [-0.2, 0) is 11.2 Å². The highest BCUT2D eigenvalue weighted by Crippen LogP contribution is 2.16. The SMILES string of the molecule is CCc1nnc(NC(=O)N(CCCC(=O)O)C(C)C)s1. The Kier molecular flexibility index (Phi) is 6.37. The summed E-state index contributed by atoms with van der Waals surface area (Å²) in [7, 11) is 0. The Labute approximate surface area is 122 Å². The van der Waals surface area contributed by atoms with Crippen molar-refractivity contribution >= 4 is 28.5 Å². The number of aliphatic carboxylic acids is 1. The molecule has 0 radical (unpaired) electrons. The molecule has 8 heteroatoms. The highest BCUT2D eigenvalue weighted by atomic mass is 32.1. The summed E-state index contributed by atoms with van der Waals surface area (Å²) in [5, 5.41) is 20.5. The van der Waals surface area contributed by atoms with Crippen molar-refractivity contribution in [3.8, 4) is 0 Å². The van der Waals surface area contributed by atoms with Gasteiger partial charge >= 0.3 is 12.0 Å². The maximum Gasteiger partial charge on any atom is 0.323 e. The number of aryl methyl sites for hydroxylation is 1. The summed E-state index contributed by atoms with van der Waals surface area (Å²) in [6.45, 7) is 6.14. The number of carboxylic acids is 1. The number of hydrogen-bond donors (Lipinski definition) is 2. The maximum absolute atomic E-state index is 12.1. The predicted molar refractivity (Wildman–Crippen MR) is 77.0 cm³/mol. The van der Waals surface area contributed by atoms with Crippen molar-refractivity contribution in [1.82, 2.24) is 15.1 Å². The van der Waals surface area contributed by atoms with E-state index in [1.165, 1.54) is 11.3 Å². The van der Waals surface area contributed by atoms with Gasteiger partial charge in [-0.05, 0) is 26.7 Å². The second-order valence-electron chi connectivity index (χ2n) is 4.57. The van der Waals surface area contributed by atoms with E-state index in [0.717, 1.165) is 11.4 Å². The summed E-state index contributed by atoms with van der Waals surface area (Å²) in [6.07, 6.45) is 1.26. The number of carbonyl (C=O) groups is 2. The molecule has 0 atom stereocenters. The average Bonchev–Trinajstić information content (AvgIpc) is 2.81. The normalized spacial score (nSPS) is 10.6. The maximum atomic E-state index is 12.1. The van der Waals surface area contributed by atoms with Crippen molar-refractivity contribution in [3.63, 3.8) is 0 Å². The second kappa shape index (κ2) is 7.78. The Balaban J connectivity index is 2.57. The van der Waals surface area contributed by atoms with E-state index in [0.29, 0.717) is 18.1 Å². The lowest BCUT2D eigenvalue weighted by Gasteiger charge is -2.26. The summed E-state index contributed by atoms with van der Waals surface area (Å²) in [4.78, 5) is 24.2. The molecule has 0 unspecified atom stereocenters. The van der Waals surface area contributed by atoms with Crippen molar-refractivity contribution in [2.75, 3.05) is 11.9 Å². The molecule has 0 aliphatic heterocycles. The van der Waals surface area contributed by atoms with Crippen LogP contribution in [-0.4, -0.2) is 44.8 Å². The van der Waals surface area contributed by atoms with Gasteiger partial charge in [0.1, 0.15) is 5.01 Å². The predicted octanol–water partition coefficient (Wildman–Crippen LogP) is 2.21. The van der Waals surface area contributed by atoms with Crippen LogP contribution in [0, 0.1) is 0 Å². The lowest BCUT2D eigenvalue weighted by atomic mass is 10.2. The van der Waals surface area contributed by atoms with Crippen LogP contribution < -0.4 is 5.32 Å². The molecule has 2 N–H and O–H groups in total. The molecule has 0 aliphatic carbocycles. The van der Waals surface area contributed by atoms with Gasteiger partial charge in [-0.1, -0.05) is 18.3 Å². The standard InChI is InChI=1S/C12H20N4O3S/c1-4-9-14-15-11(20-9)13-12(19)16(8(2)3)7-5-6-10(17)18/h8H,4-7H2,1-3H3,(H,17,18)(H,13,15,19). The van der Waals surface area contributed by atoms with E-state index in [1.54, 1.807) is 4.90 Å². The summed E-state index contributed by atoms with van der Waals surface area (Å²) in [5.74, 6) is -0.856. The highest BCUT2D eigenvalue weighted by Gasteiger charge is 2.18. The summed E-state index contributed by atoms with van der Waals surface area (Å²) >= 11 is 1.34. The summed E-state index contributed by atoms with van der Waals surface area (Å²) < 4.78 is 0. The third kappa shape index (κ3) is 5.12. The molecule has 1 aromatic heterocycles. The van der Waals surface area contributed by atoms with Crippen molar-refractivity contribution in [2.45, 2.75) is 46.1 Å². The molecule has 0 spiro atoms. The number of urea groups is 1. The van der Waals surface area contributed by atoms with Crippen LogP contribution in [0.3, 0.4) is 0 Å². The monoisotopic (exact) mass is 300 g/mol. The highest BCUT2D eigenvalue weighted by molar-refractivity contribution is 7.15. The number of nitrogens with one attached hydrogen (secondary N) is 1. The van der Waals surface area contributed by atoms with E-state index in [1.807, 2.05) is 20.8 Å². The van der Waals surface area contributed by atoms with Gasteiger partial charge in [0.15, 0.2) is 0 Å². The molecule has 112 valence electrons. The molecule has 7 nitrogen and oxygen atoms in total. The molecular weight excluding hydrogens is 280 g/mol. The van der Waals surface area contributed by atoms with Gasteiger partial charge in [0, 0.05) is 19.0 Å². The lowest BCUT2D eigenvalue weighted by molar-refractivity contribution is -0.137. The van der Waals surface area contributed by atoms with Crippen LogP contribution in [0.5, 0.6) is 0 Å². The molecule has 1 aromatic rings. The number of rotatable bonds is 7. The quantitative estimate of drug-likeness (QED) is 0.805. The Morgan fingerprint density at radius 3 is 2.60 bits per heavy atom. The van der Waals surface area contributed by atoms with Crippen LogP contribution in [0.25, 0.3) is 0 Å². The number of hydrogen-bond acceptors (Lipinski definition) is 5. The number of anilines is 1. The third-order valence-corrected chi connectivity index (χ3v) is 3.64. The Morgan fingerprint density at radius 2 is 2.10 bits per heavy atom. The van der Waals surface area contributed by atoms with Crippen molar-refractivity contribution in [3.05, 3.63) is 5.01 Å². The van der Waals surface area contributed by atoms with E-state index in [9.17, 15) is 9.59 Å². The van der Waals surface area contributed by atoms with Gasteiger partial charge in [-0.2, -0.15) is 0 Å². The fraction of sp³-hybridized carbons (Fsp3) is 0.667. The zero-order valence-electron chi connectivity index (χ0n) is 11.9. The smallest absolute Gasteiger partial charge is 0.323 e. The summed E-state index contributed by atoms with van der Waals surface area (Å²) in [6, 6.07) is -0.286. The number of carboxylic acid groups (broad SMARTS) is 1. The minimum atomic E-state index is -0.856. The first-order valence-corrected chi connectivity index (χ1v) is 7.37. The second-order valence-corrected chi connectivity index (χ2v) is 5.63. The first-order valence-electron chi connectivity index (χ1n) is 6.55. The van der Waals surface area contributed by atoms with Crippen LogP contribution in [0.1, 0.15) is 38.6 Å². The molecule has 0 aliphatic rings. The van der Waals surface area contributed by atoms with Gasteiger partial charge in [-0.3, -0.25) is 10.1 Å². The van der Waals surface area contributed by atoms with E-state index in [-0.39, 0.29) is 18.5 Å². The van der Waals surface area contributed by atoms with Crippen LogP contribution in [0.4, 0.5) is 9.93 Å². The molecule has 0 fully saturated rings. The molecule has 1 heterocycles. The largest absolute Gasteiger partial charge is 0.481 e. The van der Waals surface area contributed by atoms with E-state index in [2.05, 4.69) is 15.5 Å². The molecule has 20 heavy (non-hydrogen) atoms. The zero-order valence-corrected chi connectivity index (χ0v) is 12.7. The topological polar surface area (TPSA) is 95.4 Å². The number of amides is 2. The average molecular weight is 300 g/mol. The van der Waals surface area contributed by atoms with Crippen molar-refractivity contribution in [1.29, 1.82) is 0 Å². The number of carbonyl (C=O) groups excluding carboxylic acids is 1. The third-order valence-electron chi connectivity index (χ3n) is 2.66. The Morgan fingerprint density at radius 1 is 1.40 bits per heavy atom. The van der Waals surface area contributed by atoms with E-state index < -0.39 is 5.97 Å². The van der Waals surface area contributed by atoms with Gasteiger partial charge in [0.2, 0.25) is 5.13 Å². The number of nitrogens with zero attached hydrogens (tertiary/aromatic N) is 3. The first kappa shape index (κ1) is 16.4. The van der Waals surface area contributed by atoms with Crippen molar-refractivity contribution in [2.24, 2.45) is 0 Å². The van der Waals surface area contributed by atoms with Gasteiger partial charge < -0.3 is 10.0 Å². The molecule has 2 amide bonds. The summed E-state index contributed by atoms with van der Waals surface area (Å²) in [5.41, 5.74) is 0. The molecule has 1 rings (SSSR count). The molecule has 0 saturated carbocycles. The van der Waals surface area contributed by atoms with Crippen molar-refractivity contribution < 1.29 is 14.7 Å². The van der Waals surface area contributed by atoms with Gasteiger partial charge in [0.05, 0.1) is 0 Å². The Bertz CT molecular complexity index is 461. The van der Waals surface area contributed by atoms with Crippen LogP contribution in [0.2, 0.25) is 0 Å². The Hall–Kier alpha value is -1.70. The van der Waals surface area contributed by atoms with Gasteiger partial charge in [-0.15, -0.1) is 10.2 Å².